The topological polar surface area (TPSA) is 57.7 Å². The molecular weight excluding hydrogens is 376 g/mol. The van der Waals surface area contributed by atoms with Crippen LogP contribution in [0.4, 0.5) is 5.69 Å². The lowest BCUT2D eigenvalue weighted by atomic mass is 9.88. The molecule has 1 heterocycles. The van der Waals surface area contributed by atoms with Gasteiger partial charge >= 0.3 is 0 Å². The molecule has 1 aliphatic carbocycles. The Hall–Kier alpha value is -1.88. The molecule has 5 nitrogen and oxygen atoms in total. The van der Waals surface area contributed by atoms with E-state index >= 15 is 0 Å². The van der Waals surface area contributed by atoms with Crippen molar-refractivity contribution in [2.24, 2.45) is 5.41 Å². The van der Waals surface area contributed by atoms with Crippen LogP contribution in [0.3, 0.4) is 0 Å². The summed E-state index contributed by atoms with van der Waals surface area (Å²) in [6.07, 6.45) is 5.48. The Morgan fingerprint density at radius 2 is 1.71 bits per heavy atom. The van der Waals surface area contributed by atoms with Gasteiger partial charge in [-0.3, -0.25) is 14.4 Å². The molecule has 1 atom stereocenters. The van der Waals surface area contributed by atoms with Crippen LogP contribution in [0.5, 0.6) is 0 Å². The standard InChI is InChI=1S/C22H29ClN2O3/c1-22(2,3)14-20(27)24(16-7-5-4-6-8-16)18-13-19(26)25(21(18)28)17-11-9-15(23)10-12-17/h9-12,16,18H,4-8,13-14H2,1-3H3. The third kappa shape index (κ3) is 4.57. The Labute approximate surface area is 172 Å². The van der Waals surface area contributed by atoms with Crippen molar-refractivity contribution in [2.75, 3.05) is 4.90 Å². The number of amides is 3. The SMILES string of the molecule is CC(C)(C)CC(=O)N(C1CCCCC1)C1CC(=O)N(c2ccc(Cl)cc2)C1=O. The van der Waals surface area contributed by atoms with Gasteiger partial charge in [-0.05, 0) is 42.5 Å². The maximum atomic E-state index is 13.2. The van der Waals surface area contributed by atoms with E-state index in [1.54, 1.807) is 29.2 Å². The summed E-state index contributed by atoms with van der Waals surface area (Å²) in [6.45, 7) is 6.06. The summed E-state index contributed by atoms with van der Waals surface area (Å²) in [6, 6.07) is 5.99. The molecule has 1 aromatic carbocycles. The van der Waals surface area contributed by atoms with Crippen LogP contribution in [-0.4, -0.2) is 34.7 Å². The molecule has 0 aromatic heterocycles. The fraction of sp³-hybridized carbons (Fsp3) is 0.591. The van der Waals surface area contributed by atoms with Gasteiger partial charge in [0.2, 0.25) is 11.8 Å². The first-order chi connectivity index (χ1) is 13.2. The number of anilines is 1. The number of nitrogens with zero attached hydrogens (tertiary/aromatic N) is 2. The highest BCUT2D eigenvalue weighted by Gasteiger charge is 2.46. The molecule has 3 rings (SSSR count). The predicted molar refractivity (Wildman–Crippen MR) is 110 cm³/mol. The second-order valence-electron chi connectivity index (χ2n) is 9.09. The summed E-state index contributed by atoms with van der Waals surface area (Å²) in [5.41, 5.74) is 0.333. The second-order valence-corrected chi connectivity index (χ2v) is 9.53. The van der Waals surface area contributed by atoms with Gasteiger partial charge in [0.05, 0.1) is 12.1 Å². The first kappa shape index (κ1) is 20.8. The number of carbonyl (C=O) groups excluding carboxylic acids is 3. The molecule has 1 aliphatic heterocycles. The minimum Gasteiger partial charge on any atom is -0.327 e. The summed E-state index contributed by atoms with van der Waals surface area (Å²) < 4.78 is 0. The van der Waals surface area contributed by atoms with E-state index in [9.17, 15) is 14.4 Å². The molecule has 1 saturated carbocycles. The Bertz CT molecular complexity index is 748. The molecule has 2 fully saturated rings. The lowest BCUT2D eigenvalue weighted by molar-refractivity contribution is -0.143. The van der Waals surface area contributed by atoms with E-state index in [0.717, 1.165) is 32.1 Å². The number of imide groups is 1. The molecule has 6 heteroatoms. The predicted octanol–water partition coefficient (Wildman–Crippen LogP) is 4.57. The number of carbonyl (C=O) groups is 3. The fourth-order valence-corrected chi connectivity index (χ4v) is 4.36. The third-order valence-corrected chi connectivity index (χ3v) is 5.73. The molecule has 0 N–H and O–H groups in total. The van der Waals surface area contributed by atoms with E-state index in [1.165, 1.54) is 4.90 Å². The van der Waals surface area contributed by atoms with Crippen molar-refractivity contribution >= 4 is 35.0 Å². The number of hydrogen-bond acceptors (Lipinski definition) is 3. The largest absolute Gasteiger partial charge is 0.327 e. The van der Waals surface area contributed by atoms with Crippen LogP contribution in [0.1, 0.15) is 65.7 Å². The molecule has 28 heavy (non-hydrogen) atoms. The summed E-state index contributed by atoms with van der Waals surface area (Å²) in [7, 11) is 0. The molecule has 152 valence electrons. The normalized spacial score (nSPS) is 21.3. The molecule has 1 unspecified atom stereocenters. The zero-order chi connectivity index (χ0) is 20.5. The highest BCUT2D eigenvalue weighted by atomic mass is 35.5. The number of hydrogen-bond donors (Lipinski definition) is 0. The molecule has 3 amide bonds. The van der Waals surface area contributed by atoms with Crippen molar-refractivity contribution in [2.45, 2.75) is 77.8 Å². The van der Waals surface area contributed by atoms with Crippen molar-refractivity contribution in [3.63, 3.8) is 0 Å². The Kier molecular flexibility index (Phi) is 6.13. The van der Waals surface area contributed by atoms with Crippen molar-refractivity contribution in [1.82, 2.24) is 4.90 Å². The first-order valence-electron chi connectivity index (χ1n) is 10.1. The average molecular weight is 405 g/mol. The lowest BCUT2D eigenvalue weighted by Gasteiger charge is -2.38. The van der Waals surface area contributed by atoms with E-state index in [4.69, 9.17) is 11.6 Å². The monoisotopic (exact) mass is 404 g/mol. The number of benzene rings is 1. The maximum Gasteiger partial charge on any atom is 0.257 e. The Balaban J connectivity index is 1.89. The van der Waals surface area contributed by atoms with E-state index in [-0.39, 0.29) is 35.6 Å². The van der Waals surface area contributed by atoms with Gasteiger partial charge in [0.25, 0.3) is 5.91 Å². The van der Waals surface area contributed by atoms with Gasteiger partial charge in [0.1, 0.15) is 6.04 Å². The van der Waals surface area contributed by atoms with Crippen molar-refractivity contribution < 1.29 is 14.4 Å². The Morgan fingerprint density at radius 3 is 2.29 bits per heavy atom. The molecule has 2 aliphatic rings. The van der Waals surface area contributed by atoms with Crippen LogP contribution in [-0.2, 0) is 14.4 Å². The summed E-state index contributed by atoms with van der Waals surface area (Å²) >= 11 is 5.93. The lowest BCUT2D eigenvalue weighted by Crippen LogP contribution is -2.52. The molecule has 1 aromatic rings. The Morgan fingerprint density at radius 1 is 1.11 bits per heavy atom. The van der Waals surface area contributed by atoms with Crippen LogP contribution >= 0.6 is 11.6 Å². The van der Waals surface area contributed by atoms with Crippen LogP contribution in [0.25, 0.3) is 0 Å². The fourth-order valence-electron chi connectivity index (χ4n) is 4.23. The average Bonchev–Trinajstić information content (AvgIpc) is 2.90. The third-order valence-electron chi connectivity index (χ3n) is 5.48. The van der Waals surface area contributed by atoms with Gasteiger partial charge in [0.15, 0.2) is 0 Å². The molecule has 0 bridgehead atoms. The first-order valence-corrected chi connectivity index (χ1v) is 10.5. The molecule has 0 radical (unpaired) electrons. The van der Waals surface area contributed by atoms with Gasteiger partial charge in [-0.15, -0.1) is 0 Å². The van der Waals surface area contributed by atoms with Crippen molar-refractivity contribution in [3.05, 3.63) is 29.3 Å². The second kappa shape index (κ2) is 8.24. The zero-order valence-corrected chi connectivity index (χ0v) is 17.7. The minimum atomic E-state index is -0.707. The summed E-state index contributed by atoms with van der Waals surface area (Å²) in [5, 5.41) is 0.545. The molecule has 0 spiro atoms. The van der Waals surface area contributed by atoms with E-state index in [0.29, 0.717) is 17.1 Å². The van der Waals surface area contributed by atoms with Crippen LogP contribution in [0.2, 0.25) is 5.02 Å². The van der Waals surface area contributed by atoms with Gasteiger partial charge in [-0.25, -0.2) is 4.90 Å². The summed E-state index contributed by atoms with van der Waals surface area (Å²) in [5.74, 6) is -0.592. The van der Waals surface area contributed by atoms with Gasteiger partial charge in [-0.2, -0.15) is 0 Å². The molecular formula is C22H29ClN2O3. The molecule has 1 saturated heterocycles. The highest BCUT2D eigenvalue weighted by molar-refractivity contribution is 6.30. The number of halogens is 1. The number of rotatable bonds is 4. The summed E-state index contributed by atoms with van der Waals surface area (Å²) in [4.78, 5) is 42.1. The van der Waals surface area contributed by atoms with Gasteiger partial charge in [0, 0.05) is 17.5 Å². The van der Waals surface area contributed by atoms with Gasteiger partial charge in [-0.1, -0.05) is 51.6 Å². The minimum absolute atomic E-state index is 0.0245. The van der Waals surface area contributed by atoms with E-state index in [1.807, 2.05) is 20.8 Å². The van der Waals surface area contributed by atoms with E-state index < -0.39 is 6.04 Å². The zero-order valence-electron chi connectivity index (χ0n) is 16.9. The van der Waals surface area contributed by atoms with Crippen molar-refractivity contribution in [1.29, 1.82) is 0 Å². The van der Waals surface area contributed by atoms with Crippen LogP contribution in [0.15, 0.2) is 24.3 Å². The highest BCUT2D eigenvalue weighted by Crippen LogP contribution is 2.33. The van der Waals surface area contributed by atoms with Crippen LogP contribution < -0.4 is 4.90 Å². The van der Waals surface area contributed by atoms with Gasteiger partial charge < -0.3 is 4.90 Å². The van der Waals surface area contributed by atoms with E-state index in [2.05, 4.69) is 0 Å². The smallest absolute Gasteiger partial charge is 0.257 e. The maximum absolute atomic E-state index is 13.2. The van der Waals surface area contributed by atoms with Crippen molar-refractivity contribution in [3.8, 4) is 0 Å². The van der Waals surface area contributed by atoms with Crippen LogP contribution in [0, 0.1) is 5.41 Å². The quantitative estimate of drug-likeness (QED) is 0.690.